The highest BCUT2D eigenvalue weighted by Crippen LogP contribution is 2.30. The van der Waals surface area contributed by atoms with E-state index in [9.17, 15) is 9.59 Å². The van der Waals surface area contributed by atoms with E-state index in [-0.39, 0.29) is 12.1 Å². The van der Waals surface area contributed by atoms with Crippen molar-refractivity contribution < 1.29 is 19.2 Å². The smallest absolute Gasteiger partial charge is 0.408 e. The van der Waals surface area contributed by atoms with Gasteiger partial charge in [0.1, 0.15) is 11.6 Å². The van der Waals surface area contributed by atoms with E-state index >= 15 is 0 Å². The minimum Gasteiger partial charge on any atom is -0.444 e. The zero-order valence-corrected chi connectivity index (χ0v) is 20.0. The van der Waals surface area contributed by atoms with Gasteiger partial charge in [-0.2, -0.15) is 0 Å². The van der Waals surface area contributed by atoms with E-state index in [4.69, 9.17) is 9.57 Å². The first-order valence-electron chi connectivity index (χ1n) is 12.4. The van der Waals surface area contributed by atoms with Crippen LogP contribution in [0, 0.1) is 0 Å². The third-order valence-corrected chi connectivity index (χ3v) is 6.32. The Balaban J connectivity index is 1.74. The molecule has 1 atom stereocenters. The van der Waals surface area contributed by atoms with Crippen molar-refractivity contribution >= 4 is 12.1 Å². The van der Waals surface area contributed by atoms with Gasteiger partial charge in [0.25, 0.3) is 0 Å². The van der Waals surface area contributed by atoms with Crippen LogP contribution in [0.1, 0.15) is 90.5 Å². The second-order valence-corrected chi connectivity index (χ2v) is 10.2. The Kier molecular flexibility index (Phi) is 8.97. The molecule has 1 aromatic carbocycles. The highest BCUT2D eigenvalue weighted by atomic mass is 16.7. The molecule has 0 heterocycles. The minimum atomic E-state index is -0.804. The van der Waals surface area contributed by atoms with Gasteiger partial charge in [-0.15, -0.1) is 5.06 Å². The van der Waals surface area contributed by atoms with Gasteiger partial charge in [-0.1, -0.05) is 68.9 Å². The molecule has 0 aliphatic heterocycles. The summed E-state index contributed by atoms with van der Waals surface area (Å²) in [7, 11) is 0. The molecule has 1 aromatic rings. The van der Waals surface area contributed by atoms with Gasteiger partial charge in [0.15, 0.2) is 0 Å². The van der Waals surface area contributed by atoms with Crippen LogP contribution in [-0.2, 0) is 20.8 Å². The third kappa shape index (κ3) is 7.80. The number of alkyl carbamates (subject to hydrolysis) is 1. The molecule has 6 heteroatoms. The van der Waals surface area contributed by atoms with Crippen molar-refractivity contribution in [2.75, 3.05) is 0 Å². The van der Waals surface area contributed by atoms with Gasteiger partial charge in [-0.05, 0) is 52.0 Å². The molecular formula is C26H40N2O4. The van der Waals surface area contributed by atoms with Crippen LogP contribution in [0.5, 0.6) is 0 Å². The summed E-state index contributed by atoms with van der Waals surface area (Å²) in [5, 5.41) is 4.78. The molecular weight excluding hydrogens is 404 g/mol. The molecule has 0 spiro atoms. The molecule has 0 radical (unpaired) electrons. The van der Waals surface area contributed by atoms with Gasteiger partial charge in [0, 0.05) is 18.5 Å². The zero-order chi connectivity index (χ0) is 23.0. The van der Waals surface area contributed by atoms with Gasteiger partial charge in [0.2, 0.25) is 0 Å². The van der Waals surface area contributed by atoms with Crippen LogP contribution in [0.3, 0.4) is 0 Å². The van der Waals surface area contributed by atoms with E-state index in [1.807, 2.05) is 56.2 Å². The molecule has 1 N–H and O–H groups in total. The van der Waals surface area contributed by atoms with E-state index in [2.05, 4.69) is 5.32 Å². The van der Waals surface area contributed by atoms with E-state index in [1.54, 1.807) is 0 Å². The number of hydrogen-bond acceptors (Lipinski definition) is 5. The Labute approximate surface area is 193 Å². The third-order valence-electron chi connectivity index (χ3n) is 6.32. The highest BCUT2D eigenvalue weighted by molar-refractivity contribution is 5.81. The van der Waals surface area contributed by atoms with Crippen molar-refractivity contribution in [2.24, 2.45) is 0 Å². The first-order valence-corrected chi connectivity index (χ1v) is 12.4. The summed E-state index contributed by atoms with van der Waals surface area (Å²) >= 11 is 0. The van der Waals surface area contributed by atoms with E-state index in [0.717, 1.165) is 31.2 Å². The number of hydroxylamine groups is 2. The number of nitrogens with one attached hydrogen (secondary N) is 1. The van der Waals surface area contributed by atoms with Crippen molar-refractivity contribution in [3.63, 3.8) is 0 Å². The Morgan fingerprint density at radius 1 is 0.938 bits per heavy atom. The van der Waals surface area contributed by atoms with Gasteiger partial charge in [0.05, 0.1) is 0 Å². The summed E-state index contributed by atoms with van der Waals surface area (Å²) < 4.78 is 5.42. The molecule has 0 unspecified atom stereocenters. The summed E-state index contributed by atoms with van der Waals surface area (Å²) in [6.07, 6.45) is 11.2. The molecule has 2 aliphatic rings. The predicted octanol–water partition coefficient (Wildman–Crippen LogP) is 5.55. The fraction of sp³-hybridized carbons (Fsp3) is 0.692. The van der Waals surface area contributed by atoms with Gasteiger partial charge in [-0.3, -0.25) is 0 Å². The Morgan fingerprint density at radius 2 is 1.47 bits per heavy atom. The number of hydrogen-bond donors (Lipinski definition) is 1. The monoisotopic (exact) mass is 444 g/mol. The maximum Gasteiger partial charge on any atom is 0.408 e. The van der Waals surface area contributed by atoms with Crippen LogP contribution in [0.15, 0.2) is 30.3 Å². The average Bonchev–Trinajstić information content (AvgIpc) is 2.77. The molecule has 0 bridgehead atoms. The van der Waals surface area contributed by atoms with Crippen molar-refractivity contribution in [1.29, 1.82) is 0 Å². The summed E-state index contributed by atoms with van der Waals surface area (Å²) in [6.45, 7) is 5.43. The SMILES string of the molecule is CC(C)(C)OC(=O)N[C@@H](Cc1ccccc1)C(=O)ON(C1CCCCC1)C1CCCCC1. The Hall–Kier alpha value is -2.08. The Bertz CT molecular complexity index is 701. The quantitative estimate of drug-likeness (QED) is 0.559. The fourth-order valence-corrected chi connectivity index (χ4v) is 4.78. The minimum absolute atomic E-state index is 0.273. The molecule has 178 valence electrons. The molecule has 2 fully saturated rings. The van der Waals surface area contributed by atoms with Crippen LogP contribution >= 0.6 is 0 Å². The first-order chi connectivity index (χ1) is 15.3. The standard InChI is InChI=1S/C26H40N2O4/c1-26(2,3)31-25(30)27-23(19-20-13-7-4-8-14-20)24(29)32-28(21-15-9-5-10-16-21)22-17-11-6-12-18-22/h4,7-8,13-14,21-23H,5-6,9-12,15-19H2,1-3H3,(H,27,30)/t23-/m0/s1. The average molecular weight is 445 g/mol. The molecule has 3 rings (SSSR count). The molecule has 32 heavy (non-hydrogen) atoms. The largest absolute Gasteiger partial charge is 0.444 e. The van der Waals surface area contributed by atoms with Crippen LogP contribution in [-0.4, -0.2) is 40.9 Å². The molecule has 0 aromatic heterocycles. The fourth-order valence-electron chi connectivity index (χ4n) is 4.78. The normalized spacial score (nSPS) is 19.4. The summed E-state index contributed by atoms with van der Waals surface area (Å²) in [4.78, 5) is 32.0. The molecule has 2 aliphatic carbocycles. The number of carbonyl (C=O) groups excluding carboxylic acids is 2. The van der Waals surface area contributed by atoms with Crippen molar-refractivity contribution in [1.82, 2.24) is 10.4 Å². The lowest BCUT2D eigenvalue weighted by Gasteiger charge is -2.40. The molecule has 6 nitrogen and oxygen atoms in total. The van der Waals surface area contributed by atoms with Crippen LogP contribution in [0.4, 0.5) is 4.79 Å². The maximum atomic E-state index is 13.4. The lowest BCUT2D eigenvalue weighted by atomic mass is 9.90. The summed E-state index contributed by atoms with van der Waals surface area (Å²) in [5.74, 6) is -0.407. The zero-order valence-electron chi connectivity index (χ0n) is 20.0. The van der Waals surface area contributed by atoms with Crippen molar-refractivity contribution in [3.8, 4) is 0 Å². The number of carbonyl (C=O) groups is 2. The summed E-state index contributed by atoms with van der Waals surface area (Å²) in [5.41, 5.74) is 0.328. The van der Waals surface area contributed by atoms with E-state index < -0.39 is 23.7 Å². The van der Waals surface area contributed by atoms with Crippen LogP contribution < -0.4 is 5.32 Å². The van der Waals surface area contributed by atoms with Crippen molar-refractivity contribution in [3.05, 3.63) is 35.9 Å². The maximum absolute atomic E-state index is 13.4. The second kappa shape index (κ2) is 11.7. The lowest BCUT2D eigenvalue weighted by Crippen LogP contribution is -2.51. The number of nitrogens with zero attached hydrogens (tertiary/aromatic N) is 1. The Morgan fingerprint density at radius 3 is 1.97 bits per heavy atom. The highest BCUT2D eigenvalue weighted by Gasteiger charge is 2.35. The number of benzene rings is 1. The lowest BCUT2D eigenvalue weighted by molar-refractivity contribution is -0.225. The number of ether oxygens (including phenoxy) is 1. The van der Waals surface area contributed by atoms with Gasteiger partial charge >= 0.3 is 12.1 Å². The topological polar surface area (TPSA) is 67.9 Å². The number of amides is 1. The van der Waals surface area contributed by atoms with Gasteiger partial charge in [-0.25, -0.2) is 9.59 Å². The number of rotatable bonds is 7. The van der Waals surface area contributed by atoms with Crippen LogP contribution in [0.25, 0.3) is 0 Å². The summed E-state index contributed by atoms with van der Waals surface area (Å²) in [6, 6.07) is 9.45. The second-order valence-electron chi connectivity index (χ2n) is 10.2. The molecule has 0 saturated heterocycles. The van der Waals surface area contributed by atoms with Crippen LogP contribution in [0.2, 0.25) is 0 Å². The van der Waals surface area contributed by atoms with E-state index in [1.165, 1.54) is 38.5 Å². The van der Waals surface area contributed by atoms with E-state index in [0.29, 0.717) is 6.42 Å². The van der Waals surface area contributed by atoms with Gasteiger partial charge < -0.3 is 14.9 Å². The first kappa shape index (κ1) is 24.6. The predicted molar refractivity (Wildman–Crippen MR) is 125 cm³/mol. The molecule has 2 saturated carbocycles. The van der Waals surface area contributed by atoms with Crippen molar-refractivity contribution in [2.45, 2.75) is 115 Å². The molecule has 1 amide bonds.